The lowest BCUT2D eigenvalue weighted by Crippen LogP contribution is -2.47. The van der Waals surface area contributed by atoms with Crippen molar-refractivity contribution in [2.75, 3.05) is 27.4 Å². The molecule has 88 valence electrons. The lowest BCUT2D eigenvalue weighted by molar-refractivity contribution is -0.0299. The van der Waals surface area contributed by atoms with Crippen molar-refractivity contribution in [1.29, 1.82) is 0 Å². The zero-order valence-electron chi connectivity index (χ0n) is 9.74. The van der Waals surface area contributed by atoms with Gasteiger partial charge in [0.2, 0.25) is 0 Å². The number of methoxy groups -OCH3 is 1. The third-order valence-electron chi connectivity index (χ3n) is 3.74. The van der Waals surface area contributed by atoms with Gasteiger partial charge in [0.05, 0.1) is 13.2 Å². The highest BCUT2D eigenvalue weighted by molar-refractivity contribution is 4.95. The molecule has 2 fully saturated rings. The van der Waals surface area contributed by atoms with Gasteiger partial charge in [-0.05, 0) is 32.7 Å². The minimum absolute atomic E-state index is 0.538. The second-order valence-corrected chi connectivity index (χ2v) is 4.68. The number of hydrogen-bond acceptors (Lipinski definition) is 4. The third-order valence-corrected chi connectivity index (χ3v) is 3.74. The SMILES string of the molecule is COCCONC1CC2CCC(C1)N2C. The smallest absolute Gasteiger partial charge is 0.0915 e. The van der Waals surface area contributed by atoms with E-state index in [9.17, 15) is 0 Å². The van der Waals surface area contributed by atoms with Crippen LogP contribution in [0, 0.1) is 0 Å². The van der Waals surface area contributed by atoms with E-state index in [1.807, 2.05) is 0 Å². The highest BCUT2D eigenvalue weighted by atomic mass is 16.7. The number of hydrogen-bond donors (Lipinski definition) is 1. The molecule has 4 heteroatoms. The van der Waals surface area contributed by atoms with Crippen molar-refractivity contribution in [1.82, 2.24) is 10.4 Å². The van der Waals surface area contributed by atoms with Crippen LogP contribution < -0.4 is 5.48 Å². The summed E-state index contributed by atoms with van der Waals surface area (Å²) in [6.45, 7) is 1.30. The summed E-state index contributed by atoms with van der Waals surface area (Å²) < 4.78 is 4.93. The Kier molecular flexibility index (Phi) is 3.97. The average Bonchev–Trinajstić information content (AvgIpc) is 2.50. The minimum Gasteiger partial charge on any atom is -0.382 e. The molecule has 2 aliphatic heterocycles. The number of piperidine rings is 1. The molecule has 0 aliphatic carbocycles. The normalized spacial score (nSPS) is 36.0. The molecule has 2 bridgehead atoms. The summed E-state index contributed by atoms with van der Waals surface area (Å²) in [6, 6.07) is 2.08. The van der Waals surface area contributed by atoms with E-state index in [-0.39, 0.29) is 0 Å². The Hall–Kier alpha value is -0.160. The zero-order chi connectivity index (χ0) is 10.7. The van der Waals surface area contributed by atoms with E-state index >= 15 is 0 Å². The molecular weight excluding hydrogens is 192 g/mol. The molecule has 0 amide bonds. The van der Waals surface area contributed by atoms with Crippen LogP contribution in [0.1, 0.15) is 25.7 Å². The van der Waals surface area contributed by atoms with Crippen LogP contribution in [-0.2, 0) is 9.57 Å². The van der Waals surface area contributed by atoms with Crippen molar-refractivity contribution in [3.05, 3.63) is 0 Å². The fraction of sp³-hybridized carbons (Fsp3) is 1.00. The monoisotopic (exact) mass is 214 g/mol. The number of fused-ring (bicyclic) bond motifs is 2. The summed E-state index contributed by atoms with van der Waals surface area (Å²) in [5, 5.41) is 0. The van der Waals surface area contributed by atoms with E-state index in [1.165, 1.54) is 25.7 Å². The summed E-state index contributed by atoms with van der Waals surface area (Å²) >= 11 is 0. The predicted molar refractivity (Wildman–Crippen MR) is 58.6 cm³/mol. The van der Waals surface area contributed by atoms with Crippen molar-refractivity contribution in [2.24, 2.45) is 0 Å². The first-order chi connectivity index (χ1) is 7.31. The maximum Gasteiger partial charge on any atom is 0.0915 e. The van der Waals surface area contributed by atoms with Crippen LogP contribution in [0.25, 0.3) is 0 Å². The standard InChI is InChI=1S/C11H22N2O2/c1-13-10-3-4-11(13)8-9(7-10)12-15-6-5-14-2/h9-12H,3-8H2,1-2H3. The van der Waals surface area contributed by atoms with E-state index in [0.29, 0.717) is 19.3 Å². The van der Waals surface area contributed by atoms with E-state index in [0.717, 1.165) is 12.1 Å². The molecule has 2 heterocycles. The molecule has 0 aromatic carbocycles. The molecule has 2 rings (SSSR count). The highest BCUT2D eigenvalue weighted by Crippen LogP contribution is 2.34. The van der Waals surface area contributed by atoms with Crippen LogP contribution in [0.3, 0.4) is 0 Å². The second-order valence-electron chi connectivity index (χ2n) is 4.68. The van der Waals surface area contributed by atoms with E-state index in [4.69, 9.17) is 9.57 Å². The third kappa shape index (κ3) is 2.69. The predicted octanol–water partition coefficient (Wildman–Crippen LogP) is 0.779. The minimum atomic E-state index is 0.538. The highest BCUT2D eigenvalue weighted by Gasteiger charge is 2.38. The van der Waals surface area contributed by atoms with Gasteiger partial charge in [0.1, 0.15) is 0 Å². The summed E-state index contributed by atoms with van der Waals surface area (Å²) in [5.41, 5.74) is 3.17. The van der Waals surface area contributed by atoms with Gasteiger partial charge in [0.15, 0.2) is 0 Å². The van der Waals surface area contributed by atoms with Crippen LogP contribution in [0.2, 0.25) is 0 Å². The molecule has 0 aromatic rings. The van der Waals surface area contributed by atoms with E-state index < -0.39 is 0 Å². The van der Waals surface area contributed by atoms with Crippen LogP contribution >= 0.6 is 0 Å². The van der Waals surface area contributed by atoms with Gasteiger partial charge < -0.3 is 9.64 Å². The molecule has 2 saturated heterocycles. The Morgan fingerprint density at radius 2 is 1.87 bits per heavy atom. The van der Waals surface area contributed by atoms with Gasteiger partial charge in [-0.1, -0.05) is 0 Å². The van der Waals surface area contributed by atoms with Gasteiger partial charge in [0.25, 0.3) is 0 Å². The zero-order valence-corrected chi connectivity index (χ0v) is 9.74. The van der Waals surface area contributed by atoms with Crippen LogP contribution in [-0.4, -0.2) is 50.4 Å². The molecular formula is C11H22N2O2. The van der Waals surface area contributed by atoms with Crippen LogP contribution in [0.15, 0.2) is 0 Å². The molecule has 0 spiro atoms. The fourth-order valence-corrected chi connectivity index (χ4v) is 2.81. The largest absolute Gasteiger partial charge is 0.382 e. The number of nitrogens with zero attached hydrogens (tertiary/aromatic N) is 1. The molecule has 1 N–H and O–H groups in total. The summed E-state index contributed by atoms with van der Waals surface area (Å²) in [4.78, 5) is 7.91. The lowest BCUT2D eigenvalue weighted by Gasteiger charge is -2.36. The Labute approximate surface area is 91.9 Å². The number of hydroxylamine groups is 1. The number of rotatable bonds is 5. The summed E-state index contributed by atoms with van der Waals surface area (Å²) in [7, 11) is 3.95. The van der Waals surface area contributed by atoms with Crippen LogP contribution in [0.4, 0.5) is 0 Å². The van der Waals surface area contributed by atoms with Gasteiger partial charge in [-0.2, -0.15) is 5.48 Å². The van der Waals surface area contributed by atoms with Crippen molar-refractivity contribution >= 4 is 0 Å². The Bertz CT molecular complexity index is 187. The topological polar surface area (TPSA) is 33.7 Å². The molecule has 2 atom stereocenters. The van der Waals surface area contributed by atoms with Gasteiger partial charge in [-0.25, -0.2) is 0 Å². The van der Waals surface area contributed by atoms with Crippen molar-refractivity contribution < 1.29 is 9.57 Å². The van der Waals surface area contributed by atoms with Crippen molar-refractivity contribution in [3.8, 4) is 0 Å². The Balaban J connectivity index is 1.68. The van der Waals surface area contributed by atoms with Gasteiger partial charge in [-0.15, -0.1) is 0 Å². The fourth-order valence-electron chi connectivity index (χ4n) is 2.81. The first kappa shape index (κ1) is 11.3. The number of nitrogens with one attached hydrogen (secondary N) is 1. The molecule has 2 aliphatic rings. The molecule has 15 heavy (non-hydrogen) atoms. The van der Waals surface area contributed by atoms with Crippen molar-refractivity contribution in [3.63, 3.8) is 0 Å². The maximum absolute atomic E-state index is 5.38. The maximum atomic E-state index is 5.38. The van der Waals surface area contributed by atoms with Gasteiger partial charge in [-0.3, -0.25) is 4.84 Å². The molecule has 4 nitrogen and oxygen atoms in total. The van der Waals surface area contributed by atoms with Gasteiger partial charge >= 0.3 is 0 Å². The Morgan fingerprint density at radius 1 is 1.20 bits per heavy atom. The van der Waals surface area contributed by atoms with E-state index in [1.54, 1.807) is 7.11 Å². The lowest BCUT2D eigenvalue weighted by atomic mass is 9.99. The quantitative estimate of drug-likeness (QED) is 0.541. The first-order valence-corrected chi connectivity index (χ1v) is 5.89. The van der Waals surface area contributed by atoms with Crippen LogP contribution in [0.5, 0.6) is 0 Å². The molecule has 0 saturated carbocycles. The summed E-state index contributed by atoms with van der Waals surface area (Å²) in [6.07, 6.45) is 5.16. The molecule has 2 unspecified atom stereocenters. The number of ether oxygens (including phenoxy) is 1. The second kappa shape index (κ2) is 5.25. The molecule has 0 radical (unpaired) electrons. The summed E-state index contributed by atoms with van der Waals surface area (Å²) in [5.74, 6) is 0. The van der Waals surface area contributed by atoms with E-state index in [2.05, 4.69) is 17.4 Å². The first-order valence-electron chi connectivity index (χ1n) is 5.89. The molecule has 0 aromatic heterocycles. The Morgan fingerprint density at radius 3 is 2.47 bits per heavy atom. The average molecular weight is 214 g/mol. The van der Waals surface area contributed by atoms with Crippen molar-refractivity contribution in [2.45, 2.75) is 43.8 Å². The van der Waals surface area contributed by atoms with Gasteiger partial charge in [0, 0.05) is 25.2 Å².